The second kappa shape index (κ2) is 5.40. The van der Waals surface area contributed by atoms with Crippen LogP contribution in [0.5, 0.6) is 0 Å². The first-order chi connectivity index (χ1) is 8.60. The number of rotatable bonds is 3. The fourth-order valence-electron chi connectivity index (χ4n) is 1.97. The molecule has 3 heteroatoms. The lowest BCUT2D eigenvalue weighted by molar-refractivity contribution is 1.11. The molecule has 0 amide bonds. The summed E-state index contributed by atoms with van der Waals surface area (Å²) in [7, 11) is 2.02. The molecule has 18 heavy (non-hydrogen) atoms. The zero-order valence-electron chi connectivity index (χ0n) is 10.9. The van der Waals surface area contributed by atoms with E-state index in [2.05, 4.69) is 41.9 Å². The molecule has 0 N–H and O–H groups in total. The fourth-order valence-corrected chi connectivity index (χ4v) is 2.13. The first-order valence-electron chi connectivity index (χ1n) is 5.93. The Hall–Kier alpha value is -1.54. The number of hydrogen-bond donors (Lipinski definition) is 0. The van der Waals surface area contributed by atoms with Gasteiger partial charge >= 0.3 is 0 Å². The number of pyridine rings is 1. The van der Waals surface area contributed by atoms with E-state index < -0.39 is 0 Å². The van der Waals surface area contributed by atoms with Crippen LogP contribution < -0.4 is 4.90 Å². The number of nitrogens with zero attached hydrogens (tertiary/aromatic N) is 2. The quantitative estimate of drug-likeness (QED) is 0.769. The van der Waals surface area contributed by atoms with E-state index in [1.54, 1.807) is 0 Å². The third kappa shape index (κ3) is 2.82. The van der Waals surface area contributed by atoms with Gasteiger partial charge in [0.25, 0.3) is 0 Å². The molecule has 94 valence electrons. The van der Waals surface area contributed by atoms with Crippen LogP contribution in [0, 0.1) is 13.8 Å². The zero-order valence-corrected chi connectivity index (χ0v) is 11.7. The number of hydrogen-bond acceptors (Lipinski definition) is 2. The van der Waals surface area contributed by atoms with E-state index in [0.717, 1.165) is 17.1 Å². The molecule has 0 unspecified atom stereocenters. The topological polar surface area (TPSA) is 16.1 Å². The Bertz CT molecular complexity index is 514. The Kier molecular flexibility index (Phi) is 3.87. The molecular formula is C15H17ClN2. The van der Waals surface area contributed by atoms with Crippen molar-refractivity contribution in [2.75, 3.05) is 11.9 Å². The molecule has 0 saturated heterocycles. The van der Waals surface area contributed by atoms with Crippen LogP contribution in [0.2, 0.25) is 0 Å². The van der Waals surface area contributed by atoms with Gasteiger partial charge in [-0.3, -0.25) is 0 Å². The average molecular weight is 261 g/mol. The van der Waals surface area contributed by atoms with Crippen molar-refractivity contribution in [2.24, 2.45) is 0 Å². The van der Waals surface area contributed by atoms with Crippen LogP contribution >= 0.6 is 11.6 Å². The Morgan fingerprint density at radius 2 is 1.78 bits per heavy atom. The maximum atomic E-state index is 5.76. The van der Waals surface area contributed by atoms with E-state index in [1.807, 2.05) is 25.4 Å². The van der Waals surface area contributed by atoms with Gasteiger partial charge in [-0.05, 0) is 48.7 Å². The number of benzene rings is 1. The highest BCUT2D eigenvalue weighted by molar-refractivity contribution is 6.17. The largest absolute Gasteiger partial charge is 0.329 e. The molecule has 1 heterocycles. The SMILES string of the molecule is Cc1cc(C)cc(N(C)c2ccc(CCl)cn2)c1. The molecule has 0 atom stereocenters. The van der Waals surface area contributed by atoms with Gasteiger partial charge in [-0.1, -0.05) is 12.1 Å². The molecule has 0 aliphatic rings. The normalized spacial score (nSPS) is 10.4. The summed E-state index contributed by atoms with van der Waals surface area (Å²) in [5.74, 6) is 1.43. The monoisotopic (exact) mass is 260 g/mol. The summed E-state index contributed by atoms with van der Waals surface area (Å²) in [5, 5.41) is 0. The Morgan fingerprint density at radius 1 is 1.11 bits per heavy atom. The van der Waals surface area contributed by atoms with E-state index in [-0.39, 0.29) is 0 Å². The van der Waals surface area contributed by atoms with Crippen molar-refractivity contribution < 1.29 is 0 Å². The summed E-state index contributed by atoms with van der Waals surface area (Å²) in [6.07, 6.45) is 1.82. The van der Waals surface area contributed by atoms with Crippen LogP contribution in [0.1, 0.15) is 16.7 Å². The van der Waals surface area contributed by atoms with Gasteiger partial charge in [0.1, 0.15) is 5.82 Å². The third-order valence-corrected chi connectivity index (χ3v) is 3.21. The van der Waals surface area contributed by atoms with E-state index in [1.165, 1.54) is 11.1 Å². The molecule has 2 rings (SSSR count). The summed E-state index contributed by atoms with van der Waals surface area (Å²) in [6.45, 7) is 4.21. The summed E-state index contributed by atoms with van der Waals surface area (Å²) in [4.78, 5) is 6.51. The molecule has 0 aliphatic carbocycles. The average Bonchev–Trinajstić information content (AvgIpc) is 2.37. The minimum Gasteiger partial charge on any atom is -0.329 e. The van der Waals surface area contributed by atoms with Gasteiger partial charge in [0.15, 0.2) is 0 Å². The number of halogens is 1. The highest BCUT2D eigenvalue weighted by Gasteiger charge is 2.06. The van der Waals surface area contributed by atoms with Crippen LogP contribution in [0.25, 0.3) is 0 Å². The van der Waals surface area contributed by atoms with Crippen molar-refractivity contribution in [2.45, 2.75) is 19.7 Å². The van der Waals surface area contributed by atoms with Gasteiger partial charge in [0, 0.05) is 24.8 Å². The van der Waals surface area contributed by atoms with Crippen LogP contribution in [-0.2, 0) is 5.88 Å². The van der Waals surface area contributed by atoms with Gasteiger partial charge < -0.3 is 4.90 Å². The van der Waals surface area contributed by atoms with Crippen molar-refractivity contribution in [1.29, 1.82) is 0 Å². The first-order valence-corrected chi connectivity index (χ1v) is 6.46. The van der Waals surface area contributed by atoms with Gasteiger partial charge in [-0.25, -0.2) is 4.98 Å². The maximum Gasteiger partial charge on any atom is 0.132 e. The van der Waals surface area contributed by atoms with Crippen LogP contribution in [0.4, 0.5) is 11.5 Å². The predicted octanol–water partition coefficient (Wildman–Crippen LogP) is 4.21. The predicted molar refractivity (Wildman–Crippen MR) is 77.8 cm³/mol. The van der Waals surface area contributed by atoms with E-state index in [0.29, 0.717) is 5.88 Å². The molecule has 0 fully saturated rings. The Morgan fingerprint density at radius 3 is 2.28 bits per heavy atom. The summed E-state index contributed by atoms with van der Waals surface area (Å²) >= 11 is 5.76. The maximum absolute atomic E-state index is 5.76. The summed E-state index contributed by atoms with van der Waals surface area (Å²) < 4.78 is 0. The van der Waals surface area contributed by atoms with Gasteiger partial charge in [0.2, 0.25) is 0 Å². The lowest BCUT2D eigenvalue weighted by atomic mass is 10.1. The molecule has 0 radical (unpaired) electrons. The van der Waals surface area contributed by atoms with Crippen molar-refractivity contribution >= 4 is 23.1 Å². The highest BCUT2D eigenvalue weighted by atomic mass is 35.5. The minimum absolute atomic E-state index is 0.501. The lowest BCUT2D eigenvalue weighted by Gasteiger charge is -2.19. The van der Waals surface area contributed by atoms with E-state index in [4.69, 9.17) is 11.6 Å². The second-order valence-electron chi connectivity index (χ2n) is 4.56. The van der Waals surface area contributed by atoms with Crippen LogP contribution in [0.3, 0.4) is 0 Å². The molecule has 2 nitrogen and oxygen atoms in total. The standard InChI is InChI=1S/C15H17ClN2/c1-11-6-12(2)8-14(7-11)18(3)15-5-4-13(9-16)10-17-15/h4-8,10H,9H2,1-3H3. The molecule has 0 spiro atoms. The molecule has 2 aromatic rings. The number of anilines is 2. The van der Waals surface area contributed by atoms with Crippen molar-refractivity contribution in [3.63, 3.8) is 0 Å². The fraction of sp³-hybridized carbons (Fsp3) is 0.267. The van der Waals surface area contributed by atoms with Gasteiger partial charge in [-0.15, -0.1) is 11.6 Å². The summed E-state index contributed by atoms with van der Waals surface area (Å²) in [5.41, 5.74) is 4.70. The number of alkyl halides is 1. The molecule has 0 bridgehead atoms. The second-order valence-corrected chi connectivity index (χ2v) is 4.83. The lowest BCUT2D eigenvalue weighted by Crippen LogP contribution is -2.11. The van der Waals surface area contributed by atoms with Crippen molar-refractivity contribution in [1.82, 2.24) is 4.98 Å². The van der Waals surface area contributed by atoms with Crippen molar-refractivity contribution in [3.8, 4) is 0 Å². The molecular weight excluding hydrogens is 244 g/mol. The molecule has 1 aromatic heterocycles. The minimum atomic E-state index is 0.501. The number of aryl methyl sites for hydroxylation is 2. The van der Waals surface area contributed by atoms with E-state index >= 15 is 0 Å². The van der Waals surface area contributed by atoms with Crippen LogP contribution in [-0.4, -0.2) is 12.0 Å². The molecule has 0 aliphatic heterocycles. The Labute approximate surface area is 113 Å². The van der Waals surface area contributed by atoms with Crippen LogP contribution in [0.15, 0.2) is 36.5 Å². The Balaban J connectivity index is 2.31. The third-order valence-electron chi connectivity index (χ3n) is 2.90. The van der Waals surface area contributed by atoms with E-state index in [9.17, 15) is 0 Å². The first kappa shape index (κ1) is 12.9. The van der Waals surface area contributed by atoms with Crippen molar-refractivity contribution in [3.05, 3.63) is 53.2 Å². The zero-order chi connectivity index (χ0) is 13.1. The smallest absolute Gasteiger partial charge is 0.132 e. The molecule has 0 saturated carbocycles. The highest BCUT2D eigenvalue weighted by Crippen LogP contribution is 2.24. The molecule has 1 aromatic carbocycles. The van der Waals surface area contributed by atoms with Gasteiger partial charge in [0.05, 0.1) is 0 Å². The van der Waals surface area contributed by atoms with Gasteiger partial charge in [-0.2, -0.15) is 0 Å². The summed E-state index contributed by atoms with van der Waals surface area (Å²) in [6, 6.07) is 10.5. The number of aromatic nitrogens is 1.